The monoisotopic (exact) mass is 218 g/mol. The smallest absolute Gasteiger partial charge is 0.226 e. The molecule has 6 nitrogen and oxygen atoms in total. The predicted molar refractivity (Wildman–Crippen MR) is 61.1 cm³/mol. The van der Waals surface area contributed by atoms with Crippen LogP contribution < -0.4 is 10.6 Å². The average molecular weight is 218 g/mol. The van der Waals surface area contributed by atoms with Gasteiger partial charge in [-0.15, -0.1) is 0 Å². The Morgan fingerprint density at radius 3 is 3.06 bits per heavy atom. The second-order valence-electron chi connectivity index (χ2n) is 4.20. The first-order chi connectivity index (χ1) is 7.74. The lowest BCUT2D eigenvalue weighted by Crippen LogP contribution is -2.27. The van der Waals surface area contributed by atoms with Gasteiger partial charge in [0.05, 0.1) is 12.4 Å². The van der Waals surface area contributed by atoms with E-state index in [1.165, 1.54) is 0 Å². The fraction of sp³-hybridized carbons (Fsp3) is 0.500. The minimum Gasteiger partial charge on any atom is -0.339 e. The zero-order valence-corrected chi connectivity index (χ0v) is 9.17. The summed E-state index contributed by atoms with van der Waals surface area (Å²) in [4.78, 5) is 11.0. The Labute approximate surface area is 93.1 Å². The largest absolute Gasteiger partial charge is 0.339 e. The molecule has 1 fully saturated rings. The lowest BCUT2D eigenvalue weighted by Gasteiger charge is -2.14. The average Bonchev–Trinajstić information content (AvgIpc) is 2.86. The molecule has 0 amide bonds. The van der Waals surface area contributed by atoms with Gasteiger partial charge < -0.3 is 10.6 Å². The van der Waals surface area contributed by atoms with Gasteiger partial charge in [0.1, 0.15) is 11.0 Å². The predicted octanol–water partition coefficient (Wildman–Crippen LogP) is -0.0993. The zero-order valence-electron chi connectivity index (χ0n) is 9.17. The van der Waals surface area contributed by atoms with Crippen molar-refractivity contribution < 1.29 is 0 Å². The number of anilines is 1. The van der Waals surface area contributed by atoms with E-state index in [1.54, 1.807) is 10.9 Å². The molecule has 1 aliphatic rings. The van der Waals surface area contributed by atoms with E-state index in [0.29, 0.717) is 0 Å². The highest BCUT2D eigenvalue weighted by Crippen LogP contribution is 2.17. The van der Waals surface area contributed by atoms with Gasteiger partial charge in [0.2, 0.25) is 5.95 Å². The summed E-state index contributed by atoms with van der Waals surface area (Å²) in [6.45, 7) is 1.78. The van der Waals surface area contributed by atoms with Crippen LogP contribution in [0.15, 0.2) is 12.4 Å². The van der Waals surface area contributed by atoms with Crippen LogP contribution in [0.25, 0.3) is 11.0 Å². The Hall–Kier alpha value is -1.69. The van der Waals surface area contributed by atoms with E-state index >= 15 is 0 Å². The topological polar surface area (TPSA) is 72.9 Å². The number of nitrogens with zero attached hydrogens (tertiary/aromatic N) is 5. The van der Waals surface area contributed by atoms with Crippen LogP contribution in [0.3, 0.4) is 0 Å². The fourth-order valence-corrected chi connectivity index (χ4v) is 2.05. The highest BCUT2D eigenvalue weighted by Gasteiger charge is 2.21. The van der Waals surface area contributed by atoms with Gasteiger partial charge in [-0.25, -0.2) is 9.97 Å². The first-order valence-electron chi connectivity index (χ1n) is 5.39. The number of nitrogens with two attached hydrogens (primary N) is 1. The summed E-state index contributed by atoms with van der Waals surface area (Å²) in [7, 11) is 1.89. The molecule has 2 aromatic rings. The Morgan fingerprint density at radius 1 is 1.44 bits per heavy atom. The van der Waals surface area contributed by atoms with Gasteiger partial charge in [-0.1, -0.05) is 0 Å². The molecule has 3 heterocycles. The quantitative estimate of drug-likeness (QED) is 0.723. The van der Waals surface area contributed by atoms with E-state index in [2.05, 4.69) is 20.0 Å². The fourth-order valence-electron chi connectivity index (χ4n) is 2.05. The van der Waals surface area contributed by atoms with Gasteiger partial charge in [0.15, 0.2) is 0 Å². The summed E-state index contributed by atoms with van der Waals surface area (Å²) in [6, 6.07) is 0.244. The Kier molecular flexibility index (Phi) is 2.03. The summed E-state index contributed by atoms with van der Waals surface area (Å²) < 4.78 is 1.77. The molecule has 1 saturated heterocycles. The SMILES string of the molecule is Cn1ncc2nc(N3CCC(N)C3)ncc21. The molecule has 1 atom stereocenters. The van der Waals surface area contributed by atoms with Crippen LogP contribution >= 0.6 is 0 Å². The molecule has 3 rings (SSSR count). The van der Waals surface area contributed by atoms with E-state index < -0.39 is 0 Å². The van der Waals surface area contributed by atoms with E-state index in [-0.39, 0.29) is 6.04 Å². The lowest BCUT2D eigenvalue weighted by molar-refractivity contribution is 0.750. The molecule has 1 unspecified atom stereocenters. The second kappa shape index (κ2) is 3.41. The zero-order chi connectivity index (χ0) is 11.1. The number of rotatable bonds is 1. The Morgan fingerprint density at radius 2 is 2.31 bits per heavy atom. The summed E-state index contributed by atoms with van der Waals surface area (Å²) in [5.41, 5.74) is 7.70. The van der Waals surface area contributed by atoms with Crippen LogP contribution in [0.5, 0.6) is 0 Å². The van der Waals surface area contributed by atoms with Crippen LogP contribution in [0.4, 0.5) is 5.95 Å². The molecule has 0 aliphatic carbocycles. The third kappa shape index (κ3) is 1.42. The van der Waals surface area contributed by atoms with Crippen LogP contribution in [-0.4, -0.2) is 38.9 Å². The number of hydrogen-bond donors (Lipinski definition) is 1. The highest BCUT2D eigenvalue weighted by atomic mass is 15.3. The van der Waals surface area contributed by atoms with Gasteiger partial charge in [0.25, 0.3) is 0 Å². The van der Waals surface area contributed by atoms with Crippen molar-refractivity contribution in [1.82, 2.24) is 19.7 Å². The summed E-state index contributed by atoms with van der Waals surface area (Å²) in [5, 5.41) is 4.15. The van der Waals surface area contributed by atoms with Crippen molar-refractivity contribution in [2.75, 3.05) is 18.0 Å². The van der Waals surface area contributed by atoms with Gasteiger partial charge in [-0.3, -0.25) is 4.68 Å². The molecular formula is C10H14N6. The van der Waals surface area contributed by atoms with Gasteiger partial charge in [-0.05, 0) is 6.42 Å². The van der Waals surface area contributed by atoms with Crippen molar-refractivity contribution in [3.8, 4) is 0 Å². The van der Waals surface area contributed by atoms with Crippen molar-refractivity contribution in [3.05, 3.63) is 12.4 Å². The summed E-state index contributed by atoms with van der Waals surface area (Å²) >= 11 is 0. The minimum absolute atomic E-state index is 0.244. The number of aromatic nitrogens is 4. The molecule has 0 aromatic carbocycles. The standard InChI is InChI=1S/C10H14N6/c1-15-9-5-12-10(14-8(9)4-13-15)16-3-2-7(11)6-16/h4-5,7H,2-3,6,11H2,1H3. The maximum Gasteiger partial charge on any atom is 0.226 e. The Bertz CT molecular complexity index is 519. The molecule has 0 radical (unpaired) electrons. The van der Waals surface area contributed by atoms with Crippen LogP contribution in [0, 0.1) is 0 Å². The van der Waals surface area contributed by atoms with Crippen molar-refractivity contribution in [2.24, 2.45) is 12.8 Å². The lowest BCUT2D eigenvalue weighted by atomic mass is 10.3. The second-order valence-corrected chi connectivity index (χ2v) is 4.20. The molecule has 16 heavy (non-hydrogen) atoms. The Balaban J connectivity index is 1.99. The third-order valence-corrected chi connectivity index (χ3v) is 2.99. The molecule has 84 valence electrons. The normalized spacial score (nSPS) is 20.9. The van der Waals surface area contributed by atoms with Crippen molar-refractivity contribution in [3.63, 3.8) is 0 Å². The van der Waals surface area contributed by atoms with E-state index in [4.69, 9.17) is 5.73 Å². The minimum atomic E-state index is 0.244. The van der Waals surface area contributed by atoms with Crippen molar-refractivity contribution in [2.45, 2.75) is 12.5 Å². The molecule has 2 aromatic heterocycles. The van der Waals surface area contributed by atoms with Crippen molar-refractivity contribution in [1.29, 1.82) is 0 Å². The number of fused-ring (bicyclic) bond motifs is 1. The third-order valence-electron chi connectivity index (χ3n) is 2.99. The van der Waals surface area contributed by atoms with E-state index in [0.717, 1.165) is 36.5 Å². The van der Waals surface area contributed by atoms with Gasteiger partial charge in [-0.2, -0.15) is 5.10 Å². The van der Waals surface area contributed by atoms with Crippen LogP contribution in [0.1, 0.15) is 6.42 Å². The molecule has 1 aliphatic heterocycles. The van der Waals surface area contributed by atoms with Gasteiger partial charge in [0, 0.05) is 26.2 Å². The summed E-state index contributed by atoms with van der Waals surface area (Å²) in [6.07, 6.45) is 4.58. The first kappa shape index (κ1) is 9.53. The van der Waals surface area contributed by atoms with Crippen LogP contribution in [-0.2, 0) is 7.05 Å². The van der Waals surface area contributed by atoms with E-state index in [1.807, 2.05) is 13.2 Å². The molecule has 0 spiro atoms. The first-order valence-corrected chi connectivity index (χ1v) is 5.39. The van der Waals surface area contributed by atoms with E-state index in [9.17, 15) is 0 Å². The van der Waals surface area contributed by atoms with Gasteiger partial charge >= 0.3 is 0 Å². The molecular weight excluding hydrogens is 204 g/mol. The number of aryl methyl sites for hydroxylation is 1. The maximum atomic E-state index is 5.87. The number of hydrogen-bond acceptors (Lipinski definition) is 5. The molecule has 0 saturated carbocycles. The summed E-state index contributed by atoms with van der Waals surface area (Å²) in [5.74, 6) is 0.758. The maximum absolute atomic E-state index is 5.87. The molecule has 0 bridgehead atoms. The van der Waals surface area contributed by atoms with Crippen LogP contribution in [0.2, 0.25) is 0 Å². The molecule has 6 heteroatoms. The molecule has 2 N–H and O–H groups in total. The highest BCUT2D eigenvalue weighted by molar-refractivity contribution is 5.74. The van der Waals surface area contributed by atoms with Crippen molar-refractivity contribution >= 4 is 17.0 Å².